The van der Waals surface area contributed by atoms with Crippen molar-refractivity contribution in [2.45, 2.75) is 25.9 Å². The van der Waals surface area contributed by atoms with Gasteiger partial charge in [0, 0.05) is 0 Å². The van der Waals surface area contributed by atoms with E-state index in [2.05, 4.69) is 0 Å². The molecule has 0 amide bonds. The number of thioether (sulfide) groups is 1. The molecule has 1 nitrogen and oxygen atoms in total. The lowest BCUT2D eigenvalue weighted by Crippen LogP contribution is -2.12. The molecule has 0 spiro atoms. The minimum atomic E-state index is -0.363. The molecule has 1 rings (SSSR count). The zero-order valence-corrected chi connectivity index (χ0v) is 9.98. The van der Waals surface area contributed by atoms with Gasteiger partial charge in [-0.3, -0.25) is 0 Å². The normalized spacial score (nSPS) is 12.8. The molecule has 0 aliphatic carbocycles. The highest BCUT2D eigenvalue weighted by molar-refractivity contribution is 7.98. The largest absolute Gasteiger partial charge is 0.393 e. The highest BCUT2D eigenvalue weighted by Crippen LogP contribution is 2.14. The van der Waals surface area contributed by atoms with E-state index in [0.717, 1.165) is 23.3 Å². The van der Waals surface area contributed by atoms with Gasteiger partial charge in [-0.25, -0.2) is 4.39 Å². The summed E-state index contributed by atoms with van der Waals surface area (Å²) in [7, 11) is 0. The van der Waals surface area contributed by atoms with Crippen molar-refractivity contribution in [2.75, 3.05) is 12.0 Å². The van der Waals surface area contributed by atoms with Crippen molar-refractivity contribution < 1.29 is 9.50 Å². The lowest BCUT2D eigenvalue weighted by Gasteiger charge is -2.11. The molecule has 3 heteroatoms. The van der Waals surface area contributed by atoms with Crippen LogP contribution in [0.4, 0.5) is 4.39 Å². The summed E-state index contributed by atoms with van der Waals surface area (Å²) in [5.41, 5.74) is 1.95. The van der Waals surface area contributed by atoms with Crippen LogP contribution in [-0.4, -0.2) is 23.2 Å². The molecule has 0 fully saturated rings. The van der Waals surface area contributed by atoms with E-state index >= 15 is 0 Å². The van der Waals surface area contributed by atoms with Gasteiger partial charge in [-0.2, -0.15) is 11.8 Å². The molecule has 0 aliphatic rings. The molecule has 0 bridgehead atoms. The Labute approximate surface area is 94.7 Å². The number of rotatable bonds is 5. The monoisotopic (exact) mass is 228 g/mol. The zero-order chi connectivity index (χ0) is 11.3. The molecule has 1 atom stereocenters. The van der Waals surface area contributed by atoms with Crippen LogP contribution >= 0.6 is 11.8 Å². The number of aryl methyl sites for hydroxylation is 1. The molecule has 1 aromatic carbocycles. The van der Waals surface area contributed by atoms with Gasteiger partial charge in [-0.15, -0.1) is 0 Å². The minimum absolute atomic E-state index is 0.229. The van der Waals surface area contributed by atoms with Crippen molar-refractivity contribution in [3.63, 3.8) is 0 Å². The molecule has 1 N–H and O–H groups in total. The first-order valence-electron chi connectivity index (χ1n) is 5.05. The Kier molecular flexibility index (Phi) is 5.12. The summed E-state index contributed by atoms with van der Waals surface area (Å²) < 4.78 is 13.0. The molecule has 0 heterocycles. The molecule has 15 heavy (non-hydrogen) atoms. The number of halogens is 1. The van der Waals surface area contributed by atoms with E-state index in [-0.39, 0.29) is 11.9 Å². The van der Waals surface area contributed by atoms with Gasteiger partial charge in [0.2, 0.25) is 0 Å². The Morgan fingerprint density at radius 2 is 2.20 bits per heavy atom. The first-order valence-corrected chi connectivity index (χ1v) is 6.45. The Morgan fingerprint density at radius 3 is 2.87 bits per heavy atom. The second kappa shape index (κ2) is 6.13. The summed E-state index contributed by atoms with van der Waals surface area (Å²) >= 11 is 1.71. The van der Waals surface area contributed by atoms with Crippen LogP contribution in [0.15, 0.2) is 18.2 Å². The predicted molar refractivity (Wildman–Crippen MR) is 63.8 cm³/mol. The first kappa shape index (κ1) is 12.5. The maximum atomic E-state index is 13.0. The molecule has 0 radical (unpaired) electrons. The van der Waals surface area contributed by atoms with Crippen molar-refractivity contribution in [3.05, 3.63) is 35.1 Å². The van der Waals surface area contributed by atoms with Gasteiger partial charge in [-0.1, -0.05) is 6.07 Å². The van der Waals surface area contributed by atoms with Gasteiger partial charge in [0.05, 0.1) is 6.10 Å². The number of hydrogen-bond acceptors (Lipinski definition) is 2. The number of aliphatic hydroxyl groups excluding tert-OH is 1. The van der Waals surface area contributed by atoms with Crippen molar-refractivity contribution in [2.24, 2.45) is 0 Å². The molecule has 0 saturated heterocycles. The van der Waals surface area contributed by atoms with Crippen molar-refractivity contribution in [1.29, 1.82) is 0 Å². The predicted octanol–water partition coefficient (Wildman–Crippen LogP) is 2.79. The Morgan fingerprint density at radius 1 is 1.47 bits per heavy atom. The highest BCUT2D eigenvalue weighted by Gasteiger charge is 2.08. The summed E-state index contributed by atoms with van der Waals surface area (Å²) in [5, 5.41) is 9.71. The maximum absolute atomic E-state index is 13.0. The van der Waals surface area contributed by atoms with Crippen LogP contribution in [0.2, 0.25) is 0 Å². The highest BCUT2D eigenvalue weighted by atomic mass is 32.2. The smallest absolute Gasteiger partial charge is 0.123 e. The summed E-state index contributed by atoms with van der Waals surface area (Å²) in [6, 6.07) is 4.72. The average molecular weight is 228 g/mol. The van der Waals surface area contributed by atoms with Crippen LogP contribution in [0.5, 0.6) is 0 Å². The fraction of sp³-hybridized carbons (Fsp3) is 0.500. The second-order valence-electron chi connectivity index (χ2n) is 3.71. The van der Waals surface area contributed by atoms with Crippen molar-refractivity contribution in [3.8, 4) is 0 Å². The number of benzene rings is 1. The molecule has 0 aliphatic heterocycles. The number of hydrogen-bond donors (Lipinski definition) is 1. The van der Waals surface area contributed by atoms with E-state index in [4.69, 9.17) is 0 Å². The van der Waals surface area contributed by atoms with E-state index in [1.54, 1.807) is 17.8 Å². The van der Waals surface area contributed by atoms with E-state index < -0.39 is 0 Å². The minimum Gasteiger partial charge on any atom is -0.393 e. The third-order valence-corrected chi connectivity index (χ3v) is 3.07. The second-order valence-corrected chi connectivity index (χ2v) is 4.70. The Hall–Kier alpha value is -0.540. The van der Waals surface area contributed by atoms with Gasteiger partial charge in [0.15, 0.2) is 0 Å². The van der Waals surface area contributed by atoms with Crippen molar-refractivity contribution >= 4 is 11.8 Å². The third-order valence-electron chi connectivity index (χ3n) is 2.42. The Bertz CT molecular complexity index is 314. The molecule has 84 valence electrons. The summed E-state index contributed by atoms with van der Waals surface area (Å²) in [6.45, 7) is 1.94. The average Bonchev–Trinajstić information content (AvgIpc) is 2.20. The summed E-state index contributed by atoms with van der Waals surface area (Å²) in [5.74, 6) is 0.711. The van der Waals surface area contributed by atoms with E-state index in [1.165, 1.54) is 12.1 Å². The fourth-order valence-corrected chi connectivity index (χ4v) is 1.98. The van der Waals surface area contributed by atoms with Crippen LogP contribution < -0.4 is 0 Å². The molecule has 1 unspecified atom stereocenters. The van der Waals surface area contributed by atoms with Crippen LogP contribution in [0.3, 0.4) is 0 Å². The van der Waals surface area contributed by atoms with Crippen LogP contribution in [0, 0.1) is 12.7 Å². The van der Waals surface area contributed by atoms with Crippen LogP contribution in [0.25, 0.3) is 0 Å². The van der Waals surface area contributed by atoms with Gasteiger partial charge >= 0.3 is 0 Å². The molecular formula is C12H17FOS. The van der Waals surface area contributed by atoms with E-state index in [9.17, 15) is 9.50 Å². The molecular weight excluding hydrogens is 211 g/mol. The lowest BCUT2D eigenvalue weighted by atomic mass is 10.0. The van der Waals surface area contributed by atoms with Crippen molar-refractivity contribution in [1.82, 2.24) is 0 Å². The SMILES string of the molecule is CSCCC(O)Cc1cc(F)ccc1C. The third kappa shape index (κ3) is 4.22. The summed E-state index contributed by atoms with van der Waals surface area (Å²) in [6.07, 6.45) is 2.96. The quantitative estimate of drug-likeness (QED) is 0.836. The van der Waals surface area contributed by atoms with Gasteiger partial charge in [0.1, 0.15) is 5.82 Å². The lowest BCUT2D eigenvalue weighted by molar-refractivity contribution is 0.172. The van der Waals surface area contributed by atoms with Crippen LogP contribution in [-0.2, 0) is 6.42 Å². The molecule has 1 aromatic rings. The van der Waals surface area contributed by atoms with E-state index in [1.807, 2.05) is 13.2 Å². The topological polar surface area (TPSA) is 20.2 Å². The Balaban J connectivity index is 2.59. The van der Waals surface area contributed by atoms with E-state index in [0.29, 0.717) is 6.42 Å². The molecule has 0 aromatic heterocycles. The standard InChI is InChI=1S/C12H17FOS/c1-9-3-4-11(13)7-10(9)8-12(14)5-6-15-2/h3-4,7,12,14H,5-6,8H2,1-2H3. The van der Waals surface area contributed by atoms with Gasteiger partial charge in [0.25, 0.3) is 0 Å². The van der Waals surface area contributed by atoms with Gasteiger partial charge < -0.3 is 5.11 Å². The number of aliphatic hydroxyl groups is 1. The summed E-state index contributed by atoms with van der Waals surface area (Å²) in [4.78, 5) is 0. The first-order chi connectivity index (χ1) is 7.13. The zero-order valence-electron chi connectivity index (χ0n) is 9.16. The van der Waals surface area contributed by atoms with Gasteiger partial charge in [-0.05, 0) is 55.0 Å². The fourth-order valence-electron chi connectivity index (χ4n) is 1.47. The van der Waals surface area contributed by atoms with Crippen LogP contribution in [0.1, 0.15) is 17.5 Å². The molecule has 0 saturated carbocycles. The maximum Gasteiger partial charge on any atom is 0.123 e.